The van der Waals surface area contributed by atoms with Gasteiger partial charge in [-0.25, -0.2) is 9.78 Å². The van der Waals surface area contributed by atoms with E-state index >= 15 is 0 Å². The zero-order valence-electron chi connectivity index (χ0n) is 18.8. The molecule has 1 aliphatic heterocycles. The summed E-state index contributed by atoms with van der Waals surface area (Å²) in [7, 11) is 0. The van der Waals surface area contributed by atoms with Crippen LogP contribution in [-0.2, 0) is 20.9 Å². The molecule has 4 rings (SSSR count). The molecule has 0 atom stereocenters. The lowest BCUT2D eigenvalue weighted by molar-refractivity contribution is -0.151. The second-order valence-electron chi connectivity index (χ2n) is 7.98. The summed E-state index contributed by atoms with van der Waals surface area (Å²) in [6.45, 7) is 2.51. The lowest BCUT2D eigenvalue weighted by atomic mass is 9.97. The molecule has 1 fully saturated rings. The van der Waals surface area contributed by atoms with Gasteiger partial charge in [0, 0.05) is 31.1 Å². The van der Waals surface area contributed by atoms with Crippen molar-refractivity contribution in [3.05, 3.63) is 71.7 Å². The Labute approximate surface area is 202 Å². The summed E-state index contributed by atoms with van der Waals surface area (Å²) in [6.07, 6.45) is 1.10. The summed E-state index contributed by atoms with van der Waals surface area (Å²) in [5.41, 5.74) is 2.07. The first kappa shape index (κ1) is 23.4. The van der Waals surface area contributed by atoms with Crippen LogP contribution in [0.3, 0.4) is 0 Å². The predicted molar refractivity (Wildman–Crippen MR) is 131 cm³/mol. The fourth-order valence-corrected chi connectivity index (χ4v) is 4.65. The molecular formula is C25H26N4O4S. The fraction of sp³-hybridized carbons (Fsp3) is 0.280. The Kier molecular flexibility index (Phi) is 7.54. The minimum atomic E-state index is -0.288. The number of para-hydroxylation sites is 2. The summed E-state index contributed by atoms with van der Waals surface area (Å²) in [5, 5.41) is 5.19. The van der Waals surface area contributed by atoms with Gasteiger partial charge in [-0.3, -0.25) is 14.5 Å². The molecule has 2 aromatic carbocycles. The van der Waals surface area contributed by atoms with Crippen molar-refractivity contribution in [2.45, 2.75) is 26.4 Å². The van der Waals surface area contributed by atoms with Gasteiger partial charge in [-0.2, -0.15) is 0 Å². The predicted octanol–water partition coefficient (Wildman–Crippen LogP) is 4.82. The third-order valence-electron chi connectivity index (χ3n) is 5.56. The number of benzene rings is 2. The van der Waals surface area contributed by atoms with E-state index in [1.54, 1.807) is 10.3 Å². The van der Waals surface area contributed by atoms with Crippen LogP contribution in [0, 0.1) is 5.92 Å². The van der Waals surface area contributed by atoms with E-state index in [1.165, 1.54) is 23.2 Å². The molecule has 0 unspecified atom stereocenters. The Morgan fingerprint density at radius 3 is 2.35 bits per heavy atom. The van der Waals surface area contributed by atoms with Crippen LogP contribution in [0.1, 0.15) is 25.5 Å². The number of nitrogens with one attached hydrogen (secondary N) is 1. The van der Waals surface area contributed by atoms with Gasteiger partial charge in [0.25, 0.3) is 0 Å². The topological polar surface area (TPSA) is 91.8 Å². The summed E-state index contributed by atoms with van der Waals surface area (Å²) in [5.74, 6) is -0.687. The number of esters is 1. The van der Waals surface area contributed by atoms with Crippen LogP contribution in [0.4, 0.5) is 21.3 Å². The number of thiazole rings is 1. The van der Waals surface area contributed by atoms with Crippen molar-refractivity contribution in [2.75, 3.05) is 23.3 Å². The average molecular weight is 479 g/mol. The Bertz CT molecular complexity index is 1130. The molecule has 2 heterocycles. The Morgan fingerprint density at radius 1 is 1.06 bits per heavy atom. The summed E-state index contributed by atoms with van der Waals surface area (Å²) >= 11 is 1.32. The molecule has 1 N–H and O–H groups in total. The van der Waals surface area contributed by atoms with Crippen LogP contribution in [-0.4, -0.2) is 40.9 Å². The molecule has 176 valence electrons. The molecule has 8 nitrogen and oxygen atoms in total. The number of piperidine rings is 1. The van der Waals surface area contributed by atoms with E-state index in [2.05, 4.69) is 10.3 Å². The second kappa shape index (κ2) is 10.9. The molecule has 0 saturated carbocycles. The molecule has 0 radical (unpaired) electrons. The summed E-state index contributed by atoms with van der Waals surface area (Å²) in [4.78, 5) is 44.9. The molecule has 1 aliphatic rings. The molecule has 3 aromatic rings. The van der Waals surface area contributed by atoms with Gasteiger partial charge in [-0.05, 0) is 37.1 Å². The van der Waals surface area contributed by atoms with Gasteiger partial charge in [0.1, 0.15) is 6.61 Å². The van der Waals surface area contributed by atoms with Gasteiger partial charge in [0.2, 0.25) is 5.91 Å². The number of carbonyl (C=O) groups is 3. The number of nitrogens with zero attached hydrogens (tertiary/aromatic N) is 3. The van der Waals surface area contributed by atoms with Crippen molar-refractivity contribution in [1.29, 1.82) is 0 Å². The van der Waals surface area contributed by atoms with Crippen LogP contribution >= 0.6 is 11.3 Å². The Hall–Kier alpha value is -3.72. The van der Waals surface area contributed by atoms with Crippen LogP contribution in [0.2, 0.25) is 0 Å². The van der Waals surface area contributed by atoms with Gasteiger partial charge in [-0.1, -0.05) is 36.4 Å². The van der Waals surface area contributed by atoms with E-state index in [0.29, 0.717) is 36.8 Å². The Morgan fingerprint density at radius 2 is 1.71 bits per heavy atom. The van der Waals surface area contributed by atoms with Crippen molar-refractivity contribution in [1.82, 2.24) is 9.88 Å². The van der Waals surface area contributed by atoms with E-state index in [1.807, 2.05) is 60.7 Å². The molecule has 9 heteroatoms. The molecule has 1 aromatic heterocycles. The lowest BCUT2D eigenvalue weighted by Crippen LogP contribution is -2.42. The number of aromatic nitrogens is 1. The normalized spacial score (nSPS) is 13.9. The monoisotopic (exact) mass is 478 g/mol. The number of likely N-dealkylation sites (tertiary alicyclic amines) is 1. The summed E-state index contributed by atoms with van der Waals surface area (Å²) < 4.78 is 5.50. The van der Waals surface area contributed by atoms with E-state index in [0.717, 1.165) is 11.4 Å². The number of urea groups is 1. The van der Waals surface area contributed by atoms with Crippen molar-refractivity contribution in [2.24, 2.45) is 5.92 Å². The highest BCUT2D eigenvalue weighted by molar-refractivity contribution is 7.14. The number of rotatable bonds is 6. The van der Waals surface area contributed by atoms with Crippen molar-refractivity contribution in [3.63, 3.8) is 0 Å². The standard InChI is InChI=1S/C25H26N4O4S/c1-18(30)29(22-10-6-3-7-11-22)25-27-21(17-34-25)16-33-23(31)19-12-14-28(15-13-19)24(32)26-20-8-4-2-5-9-20/h2-11,17,19H,12-16H2,1H3,(H,26,32). The summed E-state index contributed by atoms with van der Waals surface area (Å²) in [6, 6.07) is 18.4. The van der Waals surface area contributed by atoms with Crippen LogP contribution < -0.4 is 10.2 Å². The number of amides is 3. The fourth-order valence-electron chi connectivity index (χ4n) is 3.77. The smallest absolute Gasteiger partial charge is 0.321 e. The minimum Gasteiger partial charge on any atom is -0.459 e. The highest BCUT2D eigenvalue weighted by Gasteiger charge is 2.28. The first-order valence-corrected chi connectivity index (χ1v) is 12.0. The van der Waals surface area contributed by atoms with Gasteiger partial charge < -0.3 is 15.0 Å². The maximum atomic E-state index is 12.6. The zero-order valence-corrected chi connectivity index (χ0v) is 19.7. The first-order valence-electron chi connectivity index (χ1n) is 11.1. The molecule has 0 spiro atoms. The number of ether oxygens (including phenoxy) is 1. The maximum Gasteiger partial charge on any atom is 0.321 e. The molecule has 1 saturated heterocycles. The Balaban J connectivity index is 1.27. The van der Waals surface area contributed by atoms with E-state index in [9.17, 15) is 14.4 Å². The highest BCUT2D eigenvalue weighted by atomic mass is 32.1. The molecule has 34 heavy (non-hydrogen) atoms. The van der Waals surface area contributed by atoms with E-state index in [4.69, 9.17) is 4.74 Å². The molecule has 3 amide bonds. The number of hydrogen-bond donors (Lipinski definition) is 1. The van der Waals surface area contributed by atoms with Crippen molar-refractivity contribution in [3.8, 4) is 0 Å². The number of carbonyl (C=O) groups excluding carboxylic acids is 3. The van der Waals surface area contributed by atoms with Crippen LogP contribution in [0.15, 0.2) is 66.0 Å². The first-order chi connectivity index (χ1) is 16.5. The van der Waals surface area contributed by atoms with Gasteiger partial charge in [0.15, 0.2) is 5.13 Å². The third kappa shape index (κ3) is 5.79. The second-order valence-corrected chi connectivity index (χ2v) is 8.81. The van der Waals surface area contributed by atoms with E-state index in [-0.39, 0.29) is 30.4 Å². The van der Waals surface area contributed by atoms with Gasteiger partial charge >= 0.3 is 12.0 Å². The molecule has 0 bridgehead atoms. The zero-order chi connectivity index (χ0) is 23.9. The van der Waals surface area contributed by atoms with Crippen LogP contribution in [0.5, 0.6) is 0 Å². The van der Waals surface area contributed by atoms with Crippen molar-refractivity contribution < 1.29 is 19.1 Å². The lowest BCUT2D eigenvalue weighted by Gasteiger charge is -2.30. The number of anilines is 3. The average Bonchev–Trinajstić information content (AvgIpc) is 3.32. The van der Waals surface area contributed by atoms with Gasteiger partial charge in [-0.15, -0.1) is 11.3 Å². The largest absolute Gasteiger partial charge is 0.459 e. The van der Waals surface area contributed by atoms with Crippen LogP contribution in [0.25, 0.3) is 0 Å². The molecule has 0 aliphatic carbocycles. The quantitative estimate of drug-likeness (QED) is 0.513. The third-order valence-corrected chi connectivity index (χ3v) is 6.44. The maximum absolute atomic E-state index is 12.6. The van der Waals surface area contributed by atoms with Gasteiger partial charge in [0.05, 0.1) is 17.3 Å². The highest BCUT2D eigenvalue weighted by Crippen LogP contribution is 2.29. The SMILES string of the molecule is CC(=O)N(c1ccccc1)c1nc(COC(=O)C2CCN(C(=O)Nc3ccccc3)CC2)cs1. The van der Waals surface area contributed by atoms with Crippen molar-refractivity contribution >= 4 is 45.8 Å². The van der Waals surface area contributed by atoms with E-state index < -0.39 is 0 Å². The molecular weight excluding hydrogens is 452 g/mol. The number of hydrogen-bond acceptors (Lipinski definition) is 6. The minimum absolute atomic E-state index is 0.0462.